The number of benzene rings is 3. The summed E-state index contributed by atoms with van der Waals surface area (Å²) in [5.41, 5.74) is 2.50. The molecule has 12 heteroatoms. The Morgan fingerprint density at radius 1 is 0.925 bits per heavy atom. The Labute approximate surface area is 227 Å². The van der Waals surface area contributed by atoms with Crippen molar-refractivity contribution >= 4 is 29.1 Å². The standard InChI is InChI=1S/C28H22F2N6O4/c29-28(30)40-20-13-11-17(12-14-20)21-15-22(18-7-3-1-4-8-18)36(32-21)23(37)16-34-25-24(31-33-34)26(38)35(27(25)39)19-9-5-2-6-10-19/h1-14,22,24-25,28H,15-16H2. The number of hydrogen-bond donors (Lipinski definition) is 0. The number of rotatable bonds is 7. The second kappa shape index (κ2) is 10.3. The van der Waals surface area contributed by atoms with Gasteiger partial charge in [0.05, 0.1) is 17.4 Å². The molecule has 0 spiro atoms. The summed E-state index contributed by atoms with van der Waals surface area (Å²) in [5.74, 6) is -1.43. The molecule has 1 saturated heterocycles. The Morgan fingerprint density at radius 2 is 1.60 bits per heavy atom. The fourth-order valence-corrected chi connectivity index (χ4v) is 5.07. The number of carbonyl (C=O) groups excluding carboxylic acids is 3. The molecule has 10 nitrogen and oxygen atoms in total. The van der Waals surface area contributed by atoms with Crippen LogP contribution in [-0.2, 0) is 14.4 Å². The number of fused-ring (bicyclic) bond motifs is 1. The van der Waals surface area contributed by atoms with Crippen LogP contribution in [0.3, 0.4) is 0 Å². The summed E-state index contributed by atoms with van der Waals surface area (Å²) in [6, 6.07) is 21.4. The number of ether oxygens (including phenoxy) is 1. The van der Waals surface area contributed by atoms with Crippen LogP contribution in [0.4, 0.5) is 14.5 Å². The summed E-state index contributed by atoms with van der Waals surface area (Å²) in [4.78, 5) is 40.9. The minimum Gasteiger partial charge on any atom is -0.435 e. The van der Waals surface area contributed by atoms with Crippen LogP contribution in [0.15, 0.2) is 100 Å². The molecule has 202 valence electrons. The molecule has 0 saturated carbocycles. The van der Waals surface area contributed by atoms with E-state index in [9.17, 15) is 23.2 Å². The van der Waals surface area contributed by atoms with Crippen molar-refractivity contribution in [3.8, 4) is 5.75 Å². The van der Waals surface area contributed by atoms with E-state index in [2.05, 4.69) is 20.2 Å². The molecule has 0 radical (unpaired) electrons. The number of anilines is 1. The maximum atomic E-state index is 13.6. The van der Waals surface area contributed by atoms with Crippen molar-refractivity contribution in [2.45, 2.75) is 31.2 Å². The van der Waals surface area contributed by atoms with Gasteiger partial charge in [-0.25, -0.2) is 9.91 Å². The molecule has 1 fully saturated rings. The molecule has 3 aromatic carbocycles. The zero-order valence-electron chi connectivity index (χ0n) is 20.9. The molecule has 6 rings (SSSR count). The van der Waals surface area contributed by atoms with Crippen LogP contribution in [-0.4, -0.2) is 58.7 Å². The molecule has 3 aromatic rings. The zero-order valence-corrected chi connectivity index (χ0v) is 20.9. The summed E-state index contributed by atoms with van der Waals surface area (Å²) < 4.78 is 29.5. The van der Waals surface area contributed by atoms with Crippen molar-refractivity contribution < 1.29 is 27.9 Å². The Morgan fingerprint density at radius 3 is 2.27 bits per heavy atom. The first-order valence-electron chi connectivity index (χ1n) is 12.5. The first-order chi connectivity index (χ1) is 19.4. The largest absolute Gasteiger partial charge is 0.435 e. The quantitative estimate of drug-likeness (QED) is 0.419. The fraction of sp³-hybridized carbons (Fsp3) is 0.214. The molecular weight excluding hydrogens is 522 g/mol. The van der Waals surface area contributed by atoms with Gasteiger partial charge in [-0.1, -0.05) is 53.8 Å². The molecule has 40 heavy (non-hydrogen) atoms. The van der Waals surface area contributed by atoms with Gasteiger partial charge in [0.15, 0.2) is 12.1 Å². The normalized spacial score (nSPS) is 21.8. The van der Waals surface area contributed by atoms with Crippen molar-refractivity contribution in [2.24, 2.45) is 15.4 Å². The molecular formula is C28H22F2N6O4. The Bertz CT molecular complexity index is 1500. The van der Waals surface area contributed by atoms with E-state index in [4.69, 9.17) is 0 Å². The first kappa shape index (κ1) is 25.3. The Kier molecular flexibility index (Phi) is 6.50. The highest BCUT2D eigenvalue weighted by molar-refractivity contribution is 6.25. The summed E-state index contributed by atoms with van der Waals surface area (Å²) in [6.07, 6.45) is 0.373. The van der Waals surface area contributed by atoms with Gasteiger partial charge in [-0.2, -0.15) is 19.0 Å². The van der Waals surface area contributed by atoms with Crippen molar-refractivity contribution in [1.82, 2.24) is 10.0 Å². The lowest BCUT2D eigenvalue weighted by Gasteiger charge is -2.25. The predicted molar refractivity (Wildman–Crippen MR) is 138 cm³/mol. The average molecular weight is 545 g/mol. The number of carbonyl (C=O) groups is 3. The van der Waals surface area contributed by atoms with Crippen LogP contribution in [0.1, 0.15) is 23.6 Å². The molecule has 3 aliphatic heterocycles. The van der Waals surface area contributed by atoms with Gasteiger partial charge in [0.1, 0.15) is 12.3 Å². The van der Waals surface area contributed by atoms with Crippen LogP contribution < -0.4 is 9.64 Å². The summed E-state index contributed by atoms with van der Waals surface area (Å²) >= 11 is 0. The zero-order chi connectivity index (χ0) is 27.8. The lowest BCUT2D eigenvalue weighted by atomic mass is 9.98. The molecule has 3 unspecified atom stereocenters. The topological polar surface area (TPSA) is 107 Å². The van der Waals surface area contributed by atoms with Crippen LogP contribution in [0, 0.1) is 0 Å². The molecule has 0 bridgehead atoms. The van der Waals surface area contributed by atoms with E-state index in [1.54, 1.807) is 42.5 Å². The van der Waals surface area contributed by atoms with E-state index in [0.29, 0.717) is 23.4 Å². The number of hydrazone groups is 1. The minimum atomic E-state index is -2.94. The average Bonchev–Trinajstić information content (AvgIpc) is 3.65. The highest BCUT2D eigenvalue weighted by Crippen LogP contribution is 2.35. The summed E-state index contributed by atoms with van der Waals surface area (Å²) in [5, 5.41) is 15.1. The van der Waals surface area contributed by atoms with E-state index in [1.807, 2.05) is 30.3 Å². The smallest absolute Gasteiger partial charge is 0.387 e. The van der Waals surface area contributed by atoms with E-state index >= 15 is 0 Å². The second-order valence-electron chi connectivity index (χ2n) is 9.36. The van der Waals surface area contributed by atoms with Crippen LogP contribution >= 0.6 is 0 Å². The molecule has 3 aliphatic rings. The van der Waals surface area contributed by atoms with E-state index in [-0.39, 0.29) is 12.3 Å². The highest BCUT2D eigenvalue weighted by atomic mass is 19.3. The van der Waals surface area contributed by atoms with Gasteiger partial charge in [0.2, 0.25) is 0 Å². The SMILES string of the molecule is O=C1C2N=NN(CC(=O)N3N=C(c4ccc(OC(F)F)cc4)CC3c3ccccc3)C2C(=O)N1c1ccccc1. The van der Waals surface area contributed by atoms with Crippen molar-refractivity contribution in [3.05, 3.63) is 96.1 Å². The first-order valence-corrected chi connectivity index (χ1v) is 12.5. The van der Waals surface area contributed by atoms with Gasteiger partial charge in [0.25, 0.3) is 17.7 Å². The molecule has 0 N–H and O–H groups in total. The number of hydrogen-bond acceptors (Lipinski definition) is 8. The number of nitrogens with zero attached hydrogens (tertiary/aromatic N) is 6. The predicted octanol–water partition coefficient (Wildman–Crippen LogP) is 3.96. The number of para-hydroxylation sites is 1. The third kappa shape index (κ3) is 4.57. The third-order valence-corrected chi connectivity index (χ3v) is 6.93. The van der Waals surface area contributed by atoms with Gasteiger partial charge < -0.3 is 4.74 Å². The maximum absolute atomic E-state index is 13.6. The van der Waals surface area contributed by atoms with Crippen LogP contribution in [0.2, 0.25) is 0 Å². The van der Waals surface area contributed by atoms with Gasteiger partial charge >= 0.3 is 6.61 Å². The van der Waals surface area contributed by atoms with E-state index < -0.39 is 42.5 Å². The molecule has 3 amide bonds. The van der Waals surface area contributed by atoms with Crippen molar-refractivity contribution in [1.29, 1.82) is 0 Å². The summed E-state index contributed by atoms with van der Waals surface area (Å²) in [7, 11) is 0. The minimum absolute atomic E-state index is 0.0131. The molecule has 3 atom stereocenters. The molecule has 0 aromatic heterocycles. The van der Waals surface area contributed by atoms with Crippen molar-refractivity contribution in [2.75, 3.05) is 11.4 Å². The van der Waals surface area contributed by atoms with Crippen LogP contribution in [0.25, 0.3) is 0 Å². The number of halogens is 2. The monoisotopic (exact) mass is 544 g/mol. The highest BCUT2D eigenvalue weighted by Gasteiger charge is 2.55. The second-order valence-corrected chi connectivity index (χ2v) is 9.36. The Hall–Kier alpha value is -5.00. The molecule has 0 aliphatic carbocycles. The molecule has 3 heterocycles. The van der Waals surface area contributed by atoms with Crippen molar-refractivity contribution in [3.63, 3.8) is 0 Å². The fourth-order valence-electron chi connectivity index (χ4n) is 5.07. The third-order valence-electron chi connectivity index (χ3n) is 6.93. The summed E-state index contributed by atoms with van der Waals surface area (Å²) in [6.45, 7) is -3.26. The lowest BCUT2D eigenvalue weighted by Crippen LogP contribution is -2.44. The number of alkyl halides is 2. The van der Waals surface area contributed by atoms with Crippen LogP contribution in [0.5, 0.6) is 5.75 Å². The Balaban J connectivity index is 1.24. The van der Waals surface area contributed by atoms with Gasteiger partial charge in [0, 0.05) is 6.42 Å². The number of amides is 3. The van der Waals surface area contributed by atoms with Gasteiger partial charge in [-0.05, 0) is 47.5 Å². The van der Waals surface area contributed by atoms with E-state index in [1.165, 1.54) is 22.2 Å². The lowest BCUT2D eigenvalue weighted by molar-refractivity contribution is -0.135. The van der Waals surface area contributed by atoms with Gasteiger partial charge in [-0.15, -0.1) is 0 Å². The van der Waals surface area contributed by atoms with E-state index in [0.717, 1.165) is 10.5 Å². The number of imide groups is 1. The maximum Gasteiger partial charge on any atom is 0.387 e. The van der Waals surface area contributed by atoms with Gasteiger partial charge in [-0.3, -0.25) is 19.4 Å².